The zero-order valence-corrected chi connectivity index (χ0v) is 5.90. The van der Waals surface area contributed by atoms with Crippen molar-refractivity contribution in [2.75, 3.05) is 19.6 Å². The van der Waals surface area contributed by atoms with Gasteiger partial charge in [-0.15, -0.1) is 0 Å². The van der Waals surface area contributed by atoms with Gasteiger partial charge in [0.25, 0.3) is 0 Å². The van der Waals surface area contributed by atoms with E-state index in [9.17, 15) is 0 Å². The summed E-state index contributed by atoms with van der Waals surface area (Å²) in [6, 6.07) is 0. The quantitative estimate of drug-likeness (QED) is 0.478. The van der Waals surface area contributed by atoms with E-state index in [4.69, 9.17) is 0 Å². The highest BCUT2D eigenvalue weighted by molar-refractivity contribution is 5.00. The highest BCUT2D eigenvalue weighted by Crippen LogP contribution is 2.11. The van der Waals surface area contributed by atoms with Gasteiger partial charge in [-0.1, -0.05) is 12.2 Å². The first-order chi connectivity index (χ1) is 4.33. The van der Waals surface area contributed by atoms with E-state index in [-0.39, 0.29) is 0 Å². The van der Waals surface area contributed by atoms with Crippen LogP contribution >= 0.6 is 0 Å². The number of nitrogens with zero attached hydrogens (tertiary/aromatic N) is 1. The van der Waals surface area contributed by atoms with E-state index in [1.165, 1.54) is 25.0 Å². The van der Waals surface area contributed by atoms with Crippen LogP contribution in [0.4, 0.5) is 0 Å². The lowest BCUT2D eigenvalue weighted by Gasteiger charge is -2.26. The lowest BCUT2D eigenvalue weighted by Crippen LogP contribution is -2.30. The molecule has 1 radical (unpaired) electrons. The van der Waals surface area contributed by atoms with Gasteiger partial charge in [0.05, 0.1) is 0 Å². The van der Waals surface area contributed by atoms with Gasteiger partial charge in [-0.3, -0.25) is 4.90 Å². The minimum Gasteiger partial charge on any atom is -0.299 e. The molecule has 1 nitrogen and oxygen atoms in total. The topological polar surface area (TPSA) is 3.24 Å². The van der Waals surface area contributed by atoms with Gasteiger partial charge in [0.15, 0.2) is 0 Å². The molecule has 51 valence electrons. The van der Waals surface area contributed by atoms with Crippen LogP contribution in [0.3, 0.4) is 0 Å². The van der Waals surface area contributed by atoms with Crippen molar-refractivity contribution >= 4 is 0 Å². The van der Waals surface area contributed by atoms with E-state index in [0.717, 1.165) is 13.1 Å². The average molecular weight is 124 g/mol. The summed E-state index contributed by atoms with van der Waals surface area (Å²) in [6.07, 6.45) is 2.49. The molecule has 0 atom stereocenters. The zero-order chi connectivity index (χ0) is 6.69. The predicted octanol–water partition coefficient (Wildman–Crippen LogP) is 1.47. The molecule has 1 rings (SSSR count). The molecule has 0 saturated carbocycles. The average Bonchev–Trinajstić information content (AvgIpc) is 1.88. The Kier molecular flexibility index (Phi) is 2.29. The van der Waals surface area contributed by atoms with Crippen molar-refractivity contribution in [1.82, 2.24) is 4.90 Å². The summed E-state index contributed by atoms with van der Waals surface area (Å²) < 4.78 is 0. The summed E-state index contributed by atoms with van der Waals surface area (Å²) in [5.41, 5.74) is 1.37. The van der Waals surface area contributed by atoms with Crippen LogP contribution in [0.25, 0.3) is 0 Å². The van der Waals surface area contributed by atoms with Crippen LogP contribution in [0.2, 0.25) is 0 Å². The van der Waals surface area contributed by atoms with E-state index < -0.39 is 0 Å². The van der Waals surface area contributed by atoms with E-state index in [0.29, 0.717) is 0 Å². The Morgan fingerprint density at radius 3 is 2.78 bits per heavy atom. The second kappa shape index (κ2) is 3.02. The van der Waals surface area contributed by atoms with Crippen LogP contribution < -0.4 is 0 Å². The number of rotatable bonds is 1. The highest BCUT2D eigenvalue weighted by atomic mass is 15.1. The Morgan fingerprint density at radius 1 is 1.56 bits per heavy atom. The van der Waals surface area contributed by atoms with Crippen LogP contribution in [0.15, 0.2) is 12.2 Å². The molecule has 0 aromatic carbocycles. The molecule has 0 aromatic rings. The van der Waals surface area contributed by atoms with Crippen LogP contribution in [0.5, 0.6) is 0 Å². The minimum atomic E-state index is 0.930. The van der Waals surface area contributed by atoms with E-state index >= 15 is 0 Å². The normalized spacial score (nSPS) is 22.6. The Bertz CT molecular complexity index is 107. The molecule has 1 saturated heterocycles. The van der Waals surface area contributed by atoms with Gasteiger partial charge in [-0.05, 0) is 32.9 Å². The number of piperidine rings is 1. The number of hydrogen-bond acceptors (Lipinski definition) is 1. The van der Waals surface area contributed by atoms with Gasteiger partial charge >= 0.3 is 0 Å². The fraction of sp³-hybridized carbons (Fsp3) is 0.625. The highest BCUT2D eigenvalue weighted by Gasteiger charge is 2.09. The van der Waals surface area contributed by atoms with Crippen molar-refractivity contribution in [3.63, 3.8) is 0 Å². The molecule has 0 aromatic heterocycles. The predicted molar refractivity (Wildman–Crippen MR) is 40.2 cm³/mol. The van der Waals surface area contributed by atoms with Crippen LogP contribution in [-0.2, 0) is 0 Å². The Labute approximate surface area is 57.4 Å². The first-order valence-electron chi connectivity index (χ1n) is 3.51. The first-order valence-corrected chi connectivity index (χ1v) is 3.51. The van der Waals surface area contributed by atoms with Crippen molar-refractivity contribution in [1.29, 1.82) is 0 Å². The molecule has 9 heavy (non-hydrogen) atoms. The number of hydrogen-bond donors (Lipinski definition) is 0. The molecule has 0 amide bonds. The van der Waals surface area contributed by atoms with Gasteiger partial charge in [0.2, 0.25) is 0 Å². The van der Waals surface area contributed by atoms with E-state index in [2.05, 4.69) is 18.4 Å². The van der Waals surface area contributed by atoms with Crippen LogP contribution in [-0.4, -0.2) is 24.5 Å². The molecule has 0 spiro atoms. The van der Waals surface area contributed by atoms with Crippen LogP contribution in [0.1, 0.15) is 12.8 Å². The second-order valence-corrected chi connectivity index (χ2v) is 2.63. The van der Waals surface area contributed by atoms with Crippen molar-refractivity contribution in [3.05, 3.63) is 19.1 Å². The fourth-order valence-electron chi connectivity index (χ4n) is 1.22. The molecule has 1 aliphatic heterocycles. The van der Waals surface area contributed by atoms with E-state index in [1.807, 2.05) is 0 Å². The van der Waals surface area contributed by atoms with Crippen LogP contribution in [0, 0.1) is 6.92 Å². The molecule has 1 fully saturated rings. The molecule has 0 aliphatic carbocycles. The van der Waals surface area contributed by atoms with Gasteiger partial charge in [0.1, 0.15) is 0 Å². The van der Waals surface area contributed by atoms with Gasteiger partial charge in [-0.25, -0.2) is 0 Å². The summed E-state index contributed by atoms with van der Waals surface area (Å²) >= 11 is 0. The van der Waals surface area contributed by atoms with Crippen molar-refractivity contribution in [2.24, 2.45) is 0 Å². The molecule has 0 N–H and O–H groups in total. The third-order valence-corrected chi connectivity index (χ3v) is 1.77. The van der Waals surface area contributed by atoms with Gasteiger partial charge in [0, 0.05) is 6.54 Å². The van der Waals surface area contributed by atoms with Crippen molar-refractivity contribution in [2.45, 2.75) is 12.8 Å². The lowest BCUT2D eigenvalue weighted by molar-refractivity contribution is 0.292. The fourth-order valence-corrected chi connectivity index (χ4v) is 1.22. The zero-order valence-electron chi connectivity index (χ0n) is 5.90. The molecular weight excluding hydrogens is 110 g/mol. The molecular formula is C8H14N. The van der Waals surface area contributed by atoms with Gasteiger partial charge in [-0.2, -0.15) is 0 Å². The Hall–Kier alpha value is -0.300. The summed E-state index contributed by atoms with van der Waals surface area (Å²) in [7, 11) is 0. The third-order valence-electron chi connectivity index (χ3n) is 1.77. The Balaban J connectivity index is 2.32. The lowest BCUT2D eigenvalue weighted by atomic mass is 10.1. The summed E-state index contributed by atoms with van der Waals surface area (Å²) in [4.78, 5) is 2.33. The van der Waals surface area contributed by atoms with Gasteiger partial charge < -0.3 is 0 Å². The summed E-state index contributed by atoms with van der Waals surface area (Å²) in [5, 5.41) is 0. The summed E-state index contributed by atoms with van der Waals surface area (Å²) in [5.74, 6) is 0. The third kappa shape index (κ3) is 1.83. The summed E-state index contributed by atoms with van der Waals surface area (Å²) in [6.45, 7) is 11.0. The second-order valence-electron chi connectivity index (χ2n) is 2.63. The van der Waals surface area contributed by atoms with Crippen molar-refractivity contribution in [3.8, 4) is 0 Å². The Morgan fingerprint density at radius 2 is 2.33 bits per heavy atom. The SMILES string of the molecule is [CH2]CN1CCCC(=C)C1. The van der Waals surface area contributed by atoms with E-state index in [1.54, 1.807) is 0 Å². The molecule has 1 aliphatic rings. The maximum Gasteiger partial charge on any atom is 0.0190 e. The maximum absolute atomic E-state index is 3.94. The monoisotopic (exact) mass is 124 g/mol. The molecule has 1 heterocycles. The minimum absolute atomic E-state index is 0.930. The first kappa shape index (κ1) is 6.81. The standard InChI is InChI=1S/C8H14N/c1-3-9-6-4-5-8(2)7-9/h1-7H2. The largest absolute Gasteiger partial charge is 0.299 e. The molecule has 0 unspecified atom stereocenters. The number of likely N-dealkylation sites (tertiary alicyclic amines) is 1. The molecule has 0 bridgehead atoms. The van der Waals surface area contributed by atoms with Crippen molar-refractivity contribution < 1.29 is 0 Å². The maximum atomic E-state index is 3.94. The smallest absolute Gasteiger partial charge is 0.0190 e. The molecule has 1 heteroatoms.